The van der Waals surface area contributed by atoms with Crippen LogP contribution in [0.2, 0.25) is 0 Å². The van der Waals surface area contributed by atoms with E-state index in [0.29, 0.717) is 0 Å². The molecule has 1 fully saturated rings. The molecule has 2 N–H and O–H groups in total. The van der Waals surface area contributed by atoms with Gasteiger partial charge in [-0.05, 0) is 49.5 Å². The summed E-state index contributed by atoms with van der Waals surface area (Å²) in [5, 5.41) is 6.96. The quantitative estimate of drug-likeness (QED) is 0.759. The summed E-state index contributed by atoms with van der Waals surface area (Å²) in [5.74, 6) is 1.74. The van der Waals surface area contributed by atoms with Crippen molar-refractivity contribution in [1.82, 2.24) is 10.6 Å². The maximum atomic E-state index is 5.63. The normalized spacial score (nSPS) is 15.9. The third kappa shape index (κ3) is 5.18. The second kappa shape index (κ2) is 9.01. The van der Waals surface area contributed by atoms with Crippen molar-refractivity contribution in [3.8, 4) is 5.75 Å². The first kappa shape index (κ1) is 17.1. The molecule has 0 bridgehead atoms. The van der Waals surface area contributed by atoms with Gasteiger partial charge in [0.05, 0.1) is 12.8 Å². The molecule has 0 unspecified atom stereocenters. The summed E-state index contributed by atoms with van der Waals surface area (Å²) in [6.07, 6.45) is 2.40. The van der Waals surface area contributed by atoms with Gasteiger partial charge in [0.25, 0.3) is 0 Å². The molecule has 0 aromatic heterocycles. The first-order valence-electron chi connectivity index (χ1n) is 8.54. The monoisotopic (exact) mass is 305 g/mol. The number of nitrogens with zero attached hydrogens (tertiary/aromatic N) is 1. The van der Waals surface area contributed by atoms with Gasteiger partial charge in [0.2, 0.25) is 0 Å². The zero-order valence-electron chi connectivity index (χ0n) is 14.3. The molecule has 0 spiro atoms. The molecular formula is C18H31N3O. The Morgan fingerprint density at radius 2 is 2.14 bits per heavy atom. The molecule has 1 saturated heterocycles. The van der Waals surface area contributed by atoms with Gasteiger partial charge >= 0.3 is 0 Å². The lowest BCUT2D eigenvalue weighted by Gasteiger charge is -2.25. The molecule has 0 amide bonds. The fourth-order valence-corrected chi connectivity index (χ4v) is 2.80. The predicted octanol–water partition coefficient (Wildman–Crippen LogP) is 2.63. The Kier molecular flexibility index (Phi) is 7.00. The van der Waals surface area contributed by atoms with Crippen LogP contribution in [0.4, 0.5) is 5.69 Å². The number of ether oxygens (including phenoxy) is 1. The van der Waals surface area contributed by atoms with Gasteiger partial charge in [-0.15, -0.1) is 0 Å². The van der Waals surface area contributed by atoms with Crippen LogP contribution in [0.5, 0.6) is 5.75 Å². The molecule has 2 rings (SSSR count). The SMILES string of the molecule is COc1cc(CNCCC(C)C)ccc1N1CCCNCC1. The van der Waals surface area contributed by atoms with Crippen LogP contribution in [0.3, 0.4) is 0 Å². The highest BCUT2D eigenvalue weighted by Gasteiger charge is 2.14. The van der Waals surface area contributed by atoms with E-state index in [1.807, 2.05) is 0 Å². The largest absolute Gasteiger partial charge is 0.495 e. The Morgan fingerprint density at radius 3 is 2.91 bits per heavy atom. The zero-order chi connectivity index (χ0) is 15.8. The fraction of sp³-hybridized carbons (Fsp3) is 0.667. The second-order valence-corrected chi connectivity index (χ2v) is 6.46. The van der Waals surface area contributed by atoms with E-state index in [-0.39, 0.29) is 0 Å². The molecule has 1 aromatic rings. The lowest BCUT2D eigenvalue weighted by Crippen LogP contribution is -2.28. The van der Waals surface area contributed by atoms with Crippen LogP contribution >= 0.6 is 0 Å². The van der Waals surface area contributed by atoms with Crippen molar-refractivity contribution in [3.63, 3.8) is 0 Å². The van der Waals surface area contributed by atoms with Crippen molar-refractivity contribution < 1.29 is 4.74 Å². The van der Waals surface area contributed by atoms with E-state index in [1.54, 1.807) is 7.11 Å². The Hall–Kier alpha value is -1.26. The van der Waals surface area contributed by atoms with Crippen molar-refractivity contribution >= 4 is 5.69 Å². The number of anilines is 1. The van der Waals surface area contributed by atoms with Crippen molar-refractivity contribution in [1.29, 1.82) is 0 Å². The smallest absolute Gasteiger partial charge is 0.142 e. The number of methoxy groups -OCH3 is 1. The summed E-state index contributed by atoms with van der Waals surface area (Å²) in [6.45, 7) is 10.8. The predicted molar refractivity (Wildman–Crippen MR) is 93.9 cm³/mol. The zero-order valence-corrected chi connectivity index (χ0v) is 14.3. The van der Waals surface area contributed by atoms with E-state index in [0.717, 1.165) is 50.9 Å². The summed E-state index contributed by atoms with van der Waals surface area (Å²) < 4.78 is 5.63. The van der Waals surface area contributed by atoms with Crippen LogP contribution in [0, 0.1) is 5.92 Å². The highest BCUT2D eigenvalue weighted by Crippen LogP contribution is 2.29. The Balaban J connectivity index is 1.97. The van der Waals surface area contributed by atoms with Crippen LogP contribution in [0.1, 0.15) is 32.3 Å². The first-order valence-corrected chi connectivity index (χ1v) is 8.54. The summed E-state index contributed by atoms with van der Waals surface area (Å²) in [4.78, 5) is 2.43. The molecule has 1 aromatic carbocycles. The summed E-state index contributed by atoms with van der Waals surface area (Å²) in [5.41, 5.74) is 2.51. The third-order valence-corrected chi connectivity index (χ3v) is 4.15. The molecule has 124 valence electrons. The minimum absolute atomic E-state index is 0.751. The summed E-state index contributed by atoms with van der Waals surface area (Å²) in [7, 11) is 1.77. The number of benzene rings is 1. The second-order valence-electron chi connectivity index (χ2n) is 6.46. The molecule has 0 saturated carbocycles. The number of nitrogens with one attached hydrogen (secondary N) is 2. The Bertz CT molecular complexity index is 440. The fourth-order valence-electron chi connectivity index (χ4n) is 2.80. The molecule has 0 radical (unpaired) electrons. The van der Waals surface area contributed by atoms with Crippen molar-refractivity contribution in [3.05, 3.63) is 23.8 Å². The minimum atomic E-state index is 0.751. The standard InChI is InChI=1S/C18H31N3O/c1-15(2)7-9-20-14-16-5-6-17(18(13-16)22-3)21-11-4-8-19-10-12-21/h5-6,13,15,19-20H,4,7-12,14H2,1-3H3. The van der Waals surface area contributed by atoms with E-state index in [4.69, 9.17) is 4.74 Å². The molecule has 22 heavy (non-hydrogen) atoms. The van der Waals surface area contributed by atoms with Gasteiger partial charge < -0.3 is 20.3 Å². The molecule has 0 atom stereocenters. The van der Waals surface area contributed by atoms with Gasteiger partial charge in [-0.1, -0.05) is 19.9 Å². The number of hydrogen-bond acceptors (Lipinski definition) is 4. The van der Waals surface area contributed by atoms with Crippen molar-refractivity contribution in [2.24, 2.45) is 5.92 Å². The van der Waals surface area contributed by atoms with Crippen LogP contribution in [-0.4, -0.2) is 39.8 Å². The Morgan fingerprint density at radius 1 is 1.27 bits per heavy atom. The first-order chi connectivity index (χ1) is 10.7. The summed E-state index contributed by atoms with van der Waals surface area (Å²) >= 11 is 0. The van der Waals surface area contributed by atoms with Gasteiger partial charge in [0.15, 0.2) is 0 Å². The molecule has 1 heterocycles. The molecule has 4 heteroatoms. The highest BCUT2D eigenvalue weighted by molar-refractivity contribution is 5.60. The van der Waals surface area contributed by atoms with Crippen LogP contribution in [-0.2, 0) is 6.54 Å². The highest BCUT2D eigenvalue weighted by atomic mass is 16.5. The van der Waals surface area contributed by atoms with E-state index < -0.39 is 0 Å². The van der Waals surface area contributed by atoms with Crippen LogP contribution in [0.25, 0.3) is 0 Å². The van der Waals surface area contributed by atoms with E-state index >= 15 is 0 Å². The van der Waals surface area contributed by atoms with Crippen LogP contribution in [0.15, 0.2) is 18.2 Å². The van der Waals surface area contributed by atoms with Crippen molar-refractivity contribution in [2.75, 3.05) is 44.7 Å². The Labute approximate surface area is 135 Å². The topological polar surface area (TPSA) is 36.5 Å². The van der Waals surface area contributed by atoms with Gasteiger partial charge in [-0.2, -0.15) is 0 Å². The van der Waals surface area contributed by atoms with E-state index in [1.165, 1.54) is 24.1 Å². The van der Waals surface area contributed by atoms with Gasteiger partial charge in [0.1, 0.15) is 5.75 Å². The maximum absolute atomic E-state index is 5.63. The van der Waals surface area contributed by atoms with Crippen LogP contribution < -0.4 is 20.3 Å². The van der Waals surface area contributed by atoms with Gasteiger partial charge in [0, 0.05) is 26.2 Å². The molecule has 1 aliphatic rings. The minimum Gasteiger partial charge on any atom is -0.495 e. The van der Waals surface area contributed by atoms with E-state index in [9.17, 15) is 0 Å². The molecule has 0 aliphatic carbocycles. The third-order valence-electron chi connectivity index (χ3n) is 4.15. The number of hydrogen-bond donors (Lipinski definition) is 2. The average molecular weight is 305 g/mol. The molecule has 1 aliphatic heterocycles. The maximum Gasteiger partial charge on any atom is 0.142 e. The molecule has 4 nitrogen and oxygen atoms in total. The lowest BCUT2D eigenvalue weighted by molar-refractivity contribution is 0.413. The van der Waals surface area contributed by atoms with Crippen molar-refractivity contribution in [2.45, 2.75) is 33.2 Å². The average Bonchev–Trinajstić information content (AvgIpc) is 2.80. The molecular weight excluding hydrogens is 274 g/mol. The van der Waals surface area contributed by atoms with Gasteiger partial charge in [-0.25, -0.2) is 0 Å². The lowest BCUT2D eigenvalue weighted by atomic mass is 10.1. The van der Waals surface area contributed by atoms with E-state index in [2.05, 4.69) is 47.6 Å². The van der Waals surface area contributed by atoms with Gasteiger partial charge in [-0.3, -0.25) is 0 Å². The summed E-state index contributed by atoms with van der Waals surface area (Å²) in [6, 6.07) is 6.61. The number of rotatable bonds is 7.